The number of hydrogen-bond acceptors (Lipinski definition) is 5. The summed E-state index contributed by atoms with van der Waals surface area (Å²) in [4.78, 5) is 1.22. The summed E-state index contributed by atoms with van der Waals surface area (Å²) in [5.74, 6) is 0. The molecule has 5 nitrogen and oxygen atoms in total. The standard InChI is InChI=1S/C3H7N3O2/c1-6-2(7)4-5-3(6)8/h2-3,7-8H,1H3. The molecule has 0 aromatic heterocycles. The normalized spacial score (nSPS) is 38.9. The molecule has 0 spiro atoms. The highest BCUT2D eigenvalue weighted by atomic mass is 16.4. The van der Waals surface area contributed by atoms with Gasteiger partial charge >= 0.3 is 0 Å². The van der Waals surface area contributed by atoms with Gasteiger partial charge in [0, 0.05) is 0 Å². The molecule has 0 aromatic carbocycles. The zero-order valence-electron chi connectivity index (χ0n) is 4.39. The number of azo groups is 1. The van der Waals surface area contributed by atoms with Crippen molar-refractivity contribution in [3.8, 4) is 0 Å². The molecule has 1 rings (SSSR count). The molecule has 0 saturated heterocycles. The van der Waals surface area contributed by atoms with Gasteiger partial charge < -0.3 is 10.2 Å². The minimum Gasteiger partial charge on any atom is -0.358 e. The van der Waals surface area contributed by atoms with E-state index in [1.807, 2.05) is 0 Å². The van der Waals surface area contributed by atoms with Gasteiger partial charge in [0.25, 0.3) is 0 Å². The summed E-state index contributed by atoms with van der Waals surface area (Å²) in [5.41, 5.74) is 0. The van der Waals surface area contributed by atoms with Crippen LogP contribution in [0.1, 0.15) is 0 Å². The molecule has 0 fully saturated rings. The molecule has 0 bridgehead atoms. The third-order valence-corrected chi connectivity index (χ3v) is 1.00. The number of nitrogens with zero attached hydrogens (tertiary/aromatic N) is 3. The van der Waals surface area contributed by atoms with E-state index in [2.05, 4.69) is 10.2 Å². The summed E-state index contributed by atoms with van der Waals surface area (Å²) in [7, 11) is 1.52. The second kappa shape index (κ2) is 1.77. The molecule has 0 aliphatic carbocycles. The largest absolute Gasteiger partial charge is 0.358 e. The summed E-state index contributed by atoms with van der Waals surface area (Å²) < 4.78 is 0. The van der Waals surface area contributed by atoms with Gasteiger partial charge in [-0.2, -0.15) is 0 Å². The van der Waals surface area contributed by atoms with Gasteiger partial charge in [-0.05, 0) is 7.05 Å². The quantitative estimate of drug-likeness (QED) is 0.424. The molecule has 2 atom stereocenters. The van der Waals surface area contributed by atoms with Crippen LogP contribution in [0.3, 0.4) is 0 Å². The fraction of sp³-hybridized carbons (Fsp3) is 1.00. The number of aliphatic hydroxyl groups excluding tert-OH is 2. The highest BCUT2D eigenvalue weighted by molar-refractivity contribution is 4.59. The van der Waals surface area contributed by atoms with E-state index in [0.29, 0.717) is 0 Å². The Bertz CT molecular complexity index is 103. The predicted molar refractivity (Wildman–Crippen MR) is 24.6 cm³/mol. The number of aliphatic hydroxyl groups is 2. The molecule has 5 heteroatoms. The van der Waals surface area contributed by atoms with Gasteiger partial charge in [-0.15, -0.1) is 10.2 Å². The van der Waals surface area contributed by atoms with E-state index in [1.165, 1.54) is 11.9 Å². The van der Waals surface area contributed by atoms with Crippen LogP contribution in [0.15, 0.2) is 10.2 Å². The van der Waals surface area contributed by atoms with Gasteiger partial charge in [-0.25, -0.2) is 4.90 Å². The minimum absolute atomic E-state index is 0.968. The SMILES string of the molecule is CN1C(O)N=NC1O. The summed E-state index contributed by atoms with van der Waals surface area (Å²) in [5, 5.41) is 23.9. The Morgan fingerprint density at radius 2 is 1.62 bits per heavy atom. The fourth-order valence-electron chi connectivity index (χ4n) is 0.401. The molecule has 0 aromatic rings. The molecule has 2 N–H and O–H groups in total. The highest BCUT2D eigenvalue weighted by Gasteiger charge is 2.23. The van der Waals surface area contributed by atoms with Gasteiger partial charge in [0.05, 0.1) is 0 Å². The van der Waals surface area contributed by atoms with Gasteiger partial charge in [0.2, 0.25) is 12.7 Å². The second-order valence-corrected chi connectivity index (χ2v) is 1.59. The van der Waals surface area contributed by atoms with E-state index in [-0.39, 0.29) is 0 Å². The van der Waals surface area contributed by atoms with Crippen molar-refractivity contribution >= 4 is 0 Å². The van der Waals surface area contributed by atoms with E-state index in [4.69, 9.17) is 10.2 Å². The molecule has 1 aliphatic rings. The first-order valence-electron chi connectivity index (χ1n) is 2.20. The van der Waals surface area contributed by atoms with Crippen LogP contribution in [0.25, 0.3) is 0 Å². The monoisotopic (exact) mass is 117 g/mol. The zero-order valence-corrected chi connectivity index (χ0v) is 4.39. The number of hydrogen-bond donors (Lipinski definition) is 2. The van der Waals surface area contributed by atoms with Crippen LogP contribution in [0.4, 0.5) is 0 Å². The van der Waals surface area contributed by atoms with Gasteiger partial charge in [0.1, 0.15) is 0 Å². The molecule has 1 aliphatic heterocycles. The Balaban J connectivity index is 2.55. The molecular formula is C3H7N3O2. The van der Waals surface area contributed by atoms with Crippen LogP contribution >= 0.6 is 0 Å². The lowest BCUT2D eigenvalue weighted by Crippen LogP contribution is -2.32. The maximum absolute atomic E-state index is 8.67. The lowest BCUT2D eigenvalue weighted by Gasteiger charge is -2.11. The highest BCUT2D eigenvalue weighted by Crippen LogP contribution is 2.08. The molecule has 0 saturated carbocycles. The Morgan fingerprint density at radius 1 is 1.25 bits per heavy atom. The van der Waals surface area contributed by atoms with Crippen LogP contribution in [-0.4, -0.2) is 34.9 Å². The van der Waals surface area contributed by atoms with E-state index in [1.54, 1.807) is 0 Å². The smallest absolute Gasteiger partial charge is 0.227 e. The van der Waals surface area contributed by atoms with Crippen LogP contribution < -0.4 is 0 Å². The molecule has 46 valence electrons. The molecule has 0 amide bonds. The Labute approximate surface area is 46.3 Å². The average Bonchev–Trinajstić information content (AvgIpc) is 1.98. The molecular weight excluding hydrogens is 110 g/mol. The van der Waals surface area contributed by atoms with Crippen molar-refractivity contribution in [2.45, 2.75) is 12.7 Å². The van der Waals surface area contributed by atoms with Gasteiger partial charge in [-0.1, -0.05) is 0 Å². The van der Waals surface area contributed by atoms with Crippen molar-refractivity contribution in [3.05, 3.63) is 0 Å². The molecule has 2 unspecified atom stereocenters. The Hall–Kier alpha value is -0.520. The maximum atomic E-state index is 8.67. The van der Waals surface area contributed by atoms with Crippen molar-refractivity contribution in [3.63, 3.8) is 0 Å². The van der Waals surface area contributed by atoms with Crippen LogP contribution in [-0.2, 0) is 0 Å². The summed E-state index contributed by atoms with van der Waals surface area (Å²) >= 11 is 0. The van der Waals surface area contributed by atoms with E-state index >= 15 is 0 Å². The minimum atomic E-state index is -0.968. The predicted octanol–water partition coefficient (Wildman–Crippen LogP) is -1.06. The van der Waals surface area contributed by atoms with Crippen molar-refractivity contribution in [2.24, 2.45) is 10.2 Å². The van der Waals surface area contributed by atoms with Crippen molar-refractivity contribution in [1.82, 2.24) is 4.90 Å². The lowest BCUT2D eigenvalue weighted by atomic mass is 10.8. The van der Waals surface area contributed by atoms with Crippen LogP contribution in [0, 0.1) is 0 Å². The summed E-state index contributed by atoms with van der Waals surface area (Å²) in [6, 6.07) is 0. The summed E-state index contributed by atoms with van der Waals surface area (Å²) in [6.45, 7) is 0. The zero-order chi connectivity index (χ0) is 6.15. The second-order valence-electron chi connectivity index (χ2n) is 1.59. The molecule has 8 heavy (non-hydrogen) atoms. The van der Waals surface area contributed by atoms with Crippen molar-refractivity contribution < 1.29 is 10.2 Å². The lowest BCUT2D eigenvalue weighted by molar-refractivity contribution is -0.0436. The van der Waals surface area contributed by atoms with Gasteiger partial charge in [0.15, 0.2) is 0 Å². The summed E-state index contributed by atoms with van der Waals surface area (Å²) in [6.07, 6.45) is -1.94. The van der Waals surface area contributed by atoms with Crippen molar-refractivity contribution in [1.29, 1.82) is 0 Å². The van der Waals surface area contributed by atoms with Gasteiger partial charge in [-0.3, -0.25) is 0 Å². The van der Waals surface area contributed by atoms with E-state index < -0.39 is 12.7 Å². The topological polar surface area (TPSA) is 68.4 Å². The first-order valence-corrected chi connectivity index (χ1v) is 2.20. The van der Waals surface area contributed by atoms with E-state index in [9.17, 15) is 0 Å². The molecule has 0 radical (unpaired) electrons. The van der Waals surface area contributed by atoms with Crippen molar-refractivity contribution in [2.75, 3.05) is 7.05 Å². The Kier molecular flexibility index (Phi) is 1.24. The first kappa shape index (κ1) is 5.61. The molecule has 1 heterocycles. The average molecular weight is 117 g/mol. The Morgan fingerprint density at radius 3 is 1.75 bits per heavy atom. The van der Waals surface area contributed by atoms with Crippen LogP contribution in [0.5, 0.6) is 0 Å². The third kappa shape index (κ3) is 0.706. The maximum Gasteiger partial charge on any atom is 0.227 e. The van der Waals surface area contributed by atoms with E-state index in [0.717, 1.165) is 0 Å². The van der Waals surface area contributed by atoms with Crippen LogP contribution in [0.2, 0.25) is 0 Å². The first-order chi connectivity index (χ1) is 3.72. The fourth-order valence-corrected chi connectivity index (χ4v) is 0.401. The third-order valence-electron chi connectivity index (χ3n) is 1.00. The number of rotatable bonds is 0.